The number of sulfonamides is 1. The number of benzene rings is 2. The zero-order valence-corrected chi connectivity index (χ0v) is 13.0. The van der Waals surface area contributed by atoms with Crippen molar-refractivity contribution in [3.63, 3.8) is 0 Å². The number of carbonyl (C=O) groups is 1. The van der Waals surface area contributed by atoms with E-state index >= 15 is 0 Å². The van der Waals surface area contributed by atoms with Crippen LogP contribution in [0.4, 0.5) is 10.5 Å². The highest BCUT2D eigenvalue weighted by molar-refractivity contribution is 7.90. The van der Waals surface area contributed by atoms with Crippen molar-refractivity contribution in [3.8, 4) is 0 Å². The van der Waals surface area contributed by atoms with Crippen LogP contribution in [0.15, 0.2) is 60.0 Å². The number of amides is 2. The standard InChI is InChI=1S/C15H13ClN2O3S/c1-2-11-4-3-5-14(10-11)22(20,21)18-15(19)17-13-8-6-12(16)7-9-13/h2-10H,1H2,(H2,17,18,19). The maximum absolute atomic E-state index is 12.1. The van der Waals surface area contributed by atoms with Crippen molar-refractivity contribution in [2.45, 2.75) is 4.90 Å². The molecule has 2 aromatic carbocycles. The Labute approximate surface area is 133 Å². The maximum atomic E-state index is 12.1. The molecule has 22 heavy (non-hydrogen) atoms. The van der Waals surface area contributed by atoms with Gasteiger partial charge in [-0.05, 0) is 42.0 Å². The maximum Gasteiger partial charge on any atom is 0.333 e. The molecule has 2 N–H and O–H groups in total. The fourth-order valence-electron chi connectivity index (χ4n) is 1.68. The molecule has 0 aliphatic heterocycles. The Kier molecular flexibility index (Phi) is 4.85. The Hall–Kier alpha value is -2.31. The zero-order valence-electron chi connectivity index (χ0n) is 11.4. The highest BCUT2D eigenvalue weighted by atomic mass is 35.5. The van der Waals surface area contributed by atoms with E-state index in [0.29, 0.717) is 16.3 Å². The Morgan fingerprint density at radius 1 is 1.14 bits per heavy atom. The monoisotopic (exact) mass is 336 g/mol. The first-order valence-electron chi connectivity index (χ1n) is 6.22. The Balaban J connectivity index is 2.12. The van der Waals surface area contributed by atoms with Gasteiger partial charge in [0.1, 0.15) is 0 Å². The van der Waals surface area contributed by atoms with Gasteiger partial charge in [0, 0.05) is 10.7 Å². The van der Waals surface area contributed by atoms with Gasteiger partial charge >= 0.3 is 6.03 Å². The van der Waals surface area contributed by atoms with Crippen LogP contribution in [0.25, 0.3) is 6.08 Å². The van der Waals surface area contributed by atoms with Gasteiger partial charge in [0.2, 0.25) is 0 Å². The summed E-state index contributed by atoms with van der Waals surface area (Å²) in [5.41, 5.74) is 1.07. The van der Waals surface area contributed by atoms with Gasteiger partial charge < -0.3 is 5.32 Å². The van der Waals surface area contributed by atoms with Gasteiger partial charge in [-0.15, -0.1) is 0 Å². The Morgan fingerprint density at radius 2 is 1.82 bits per heavy atom. The van der Waals surface area contributed by atoms with Crippen LogP contribution in [-0.4, -0.2) is 14.4 Å². The predicted octanol–water partition coefficient (Wildman–Crippen LogP) is 3.49. The molecule has 5 nitrogen and oxygen atoms in total. The molecule has 0 saturated heterocycles. The van der Waals surface area contributed by atoms with Crippen molar-refractivity contribution in [1.82, 2.24) is 4.72 Å². The van der Waals surface area contributed by atoms with Gasteiger partial charge in [-0.1, -0.05) is 36.4 Å². The smallest absolute Gasteiger partial charge is 0.307 e. The lowest BCUT2D eigenvalue weighted by molar-refractivity contribution is 0.256. The van der Waals surface area contributed by atoms with Crippen LogP contribution in [0.5, 0.6) is 0 Å². The first-order chi connectivity index (χ1) is 10.4. The number of hydrogen-bond donors (Lipinski definition) is 2. The summed E-state index contributed by atoms with van der Waals surface area (Å²) in [6, 6.07) is 11.5. The van der Waals surface area contributed by atoms with Gasteiger partial charge in [0.15, 0.2) is 0 Å². The number of urea groups is 1. The second-order valence-electron chi connectivity index (χ2n) is 4.34. The number of halogens is 1. The third-order valence-electron chi connectivity index (χ3n) is 2.73. The molecule has 0 unspecified atom stereocenters. The molecular formula is C15H13ClN2O3S. The molecule has 114 valence electrons. The molecule has 0 bridgehead atoms. The number of hydrogen-bond acceptors (Lipinski definition) is 3. The van der Waals surface area contributed by atoms with Crippen molar-refractivity contribution < 1.29 is 13.2 Å². The number of nitrogens with one attached hydrogen (secondary N) is 2. The second-order valence-corrected chi connectivity index (χ2v) is 6.46. The van der Waals surface area contributed by atoms with E-state index in [9.17, 15) is 13.2 Å². The van der Waals surface area contributed by atoms with E-state index in [1.807, 2.05) is 4.72 Å². The lowest BCUT2D eigenvalue weighted by Crippen LogP contribution is -2.34. The van der Waals surface area contributed by atoms with Crippen LogP contribution in [0.2, 0.25) is 5.02 Å². The van der Waals surface area contributed by atoms with Gasteiger partial charge in [-0.25, -0.2) is 17.9 Å². The third-order valence-corrected chi connectivity index (χ3v) is 4.31. The van der Waals surface area contributed by atoms with E-state index < -0.39 is 16.1 Å². The van der Waals surface area contributed by atoms with Crippen LogP contribution in [0.1, 0.15) is 5.56 Å². The highest BCUT2D eigenvalue weighted by Gasteiger charge is 2.17. The van der Waals surface area contributed by atoms with Crippen LogP contribution >= 0.6 is 11.6 Å². The summed E-state index contributed by atoms with van der Waals surface area (Å²) in [5, 5.41) is 2.93. The van der Waals surface area contributed by atoms with Crippen LogP contribution in [0, 0.1) is 0 Å². The molecule has 0 aliphatic rings. The largest absolute Gasteiger partial charge is 0.333 e. The topological polar surface area (TPSA) is 75.3 Å². The van der Waals surface area contributed by atoms with E-state index in [1.165, 1.54) is 18.2 Å². The lowest BCUT2D eigenvalue weighted by atomic mass is 10.2. The summed E-state index contributed by atoms with van der Waals surface area (Å²) in [5.74, 6) is 0. The molecule has 0 aliphatic carbocycles. The molecule has 0 atom stereocenters. The summed E-state index contributed by atoms with van der Waals surface area (Å²) in [7, 11) is -3.96. The molecule has 2 rings (SSSR count). The SMILES string of the molecule is C=Cc1cccc(S(=O)(=O)NC(=O)Nc2ccc(Cl)cc2)c1. The minimum atomic E-state index is -3.96. The molecule has 0 heterocycles. The molecule has 0 saturated carbocycles. The normalized spacial score (nSPS) is 10.8. The molecule has 0 aromatic heterocycles. The first kappa shape index (κ1) is 16.1. The van der Waals surface area contributed by atoms with E-state index in [1.54, 1.807) is 36.4 Å². The average molecular weight is 337 g/mol. The molecule has 0 spiro atoms. The molecule has 0 radical (unpaired) electrons. The number of rotatable bonds is 4. The Bertz CT molecular complexity index is 802. The second kappa shape index (κ2) is 6.64. The van der Waals surface area contributed by atoms with Crippen molar-refractivity contribution in [2.24, 2.45) is 0 Å². The molecule has 7 heteroatoms. The summed E-state index contributed by atoms with van der Waals surface area (Å²) in [6.45, 7) is 3.57. The van der Waals surface area contributed by atoms with Crippen molar-refractivity contribution in [3.05, 3.63) is 65.7 Å². The van der Waals surface area contributed by atoms with Crippen LogP contribution in [-0.2, 0) is 10.0 Å². The summed E-state index contributed by atoms with van der Waals surface area (Å²) >= 11 is 5.73. The van der Waals surface area contributed by atoms with Gasteiger partial charge in [0.05, 0.1) is 4.90 Å². The molecule has 0 fully saturated rings. The predicted molar refractivity (Wildman–Crippen MR) is 87.3 cm³/mol. The number of carbonyl (C=O) groups excluding carboxylic acids is 1. The quantitative estimate of drug-likeness (QED) is 0.897. The van der Waals surface area contributed by atoms with E-state index in [4.69, 9.17) is 11.6 Å². The first-order valence-corrected chi connectivity index (χ1v) is 8.09. The van der Waals surface area contributed by atoms with E-state index in [0.717, 1.165) is 0 Å². The zero-order chi connectivity index (χ0) is 16.2. The highest BCUT2D eigenvalue weighted by Crippen LogP contribution is 2.15. The molecule has 2 aromatic rings. The van der Waals surface area contributed by atoms with Crippen molar-refractivity contribution in [2.75, 3.05) is 5.32 Å². The lowest BCUT2D eigenvalue weighted by Gasteiger charge is -2.09. The van der Waals surface area contributed by atoms with Crippen LogP contribution < -0.4 is 10.0 Å². The van der Waals surface area contributed by atoms with Crippen molar-refractivity contribution >= 4 is 39.4 Å². The molecular weight excluding hydrogens is 324 g/mol. The van der Waals surface area contributed by atoms with Gasteiger partial charge in [0.25, 0.3) is 10.0 Å². The Morgan fingerprint density at radius 3 is 2.45 bits per heavy atom. The minimum Gasteiger partial charge on any atom is -0.307 e. The summed E-state index contributed by atoms with van der Waals surface area (Å²) in [6.07, 6.45) is 1.52. The summed E-state index contributed by atoms with van der Waals surface area (Å²) in [4.78, 5) is 11.8. The fourth-order valence-corrected chi connectivity index (χ4v) is 2.77. The minimum absolute atomic E-state index is 0.0174. The van der Waals surface area contributed by atoms with E-state index in [2.05, 4.69) is 11.9 Å². The van der Waals surface area contributed by atoms with Crippen molar-refractivity contribution in [1.29, 1.82) is 0 Å². The summed E-state index contributed by atoms with van der Waals surface area (Å²) < 4.78 is 26.2. The van der Waals surface area contributed by atoms with Crippen LogP contribution in [0.3, 0.4) is 0 Å². The third kappa shape index (κ3) is 4.09. The average Bonchev–Trinajstić information content (AvgIpc) is 2.49. The molecule has 2 amide bonds. The van der Waals surface area contributed by atoms with E-state index in [-0.39, 0.29) is 4.90 Å². The van der Waals surface area contributed by atoms with Gasteiger partial charge in [-0.2, -0.15) is 0 Å². The fraction of sp³-hybridized carbons (Fsp3) is 0. The van der Waals surface area contributed by atoms with Gasteiger partial charge in [-0.3, -0.25) is 0 Å². The number of anilines is 1.